The maximum Gasteiger partial charge on any atom is 0.330 e. The highest BCUT2D eigenvalue weighted by Crippen LogP contribution is 2.00. The second kappa shape index (κ2) is 7.33. The van der Waals surface area contributed by atoms with Crippen LogP contribution in [0.25, 0.3) is 6.08 Å². The van der Waals surface area contributed by atoms with Gasteiger partial charge in [-0.05, 0) is 24.6 Å². The Labute approximate surface area is 100 Å². The number of hydrogen-bond acceptors (Lipinski definition) is 4. The number of carbonyl (C=O) groups excluding carboxylic acids is 2. The maximum atomic E-state index is 11.2. The van der Waals surface area contributed by atoms with Crippen molar-refractivity contribution in [2.75, 3.05) is 6.61 Å². The van der Waals surface area contributed by atoms with Crippen molar-refractivity contribution >= 4 is 18.3 Å². The molecule has 0 aliphatic heterocycles. The molecule has 0 unspecified atom stereocenters. The second-order valence-corrected chi connectivity index (χ2v) is 3.46. The molecule has 1 rings (SSSR count). The number of ether oxygens (including phenoxy) is 1. The molecule has 4 nitrogen and oxygen atoms in total. The topological polar surface area (TPSA) is 56.3 Å². The van der Waals surface area contributed by atoms with Gasteiger partial charge in [0, 0.05) is 6.08 Å². The third-order valence-corrected chi connectivity index (χ3v) is 2.05. The predicted molar refractivity (Wildman–Crippen MR) is 64.5 cm³/mol. The van der Waals surface area contributed by atoms with Gasteiger partial charge >= 0.3 is 5.97 Å². The minimum absolute atomic E-state index is 0.339. The lowest BCUT2D eigenvalue weighted by atomic mass is 10.3. The van der Waals surface area contributed by atoms with Gasteiger partial charge in [0.1, 0.15) is 5.69 Å². The molecule has 90 valence electrons. The fraction of sp³-hybridized carbons (Fsp3) is 0.308. The van der Waals surface area contributed by atoms with Crippen molar-refractivity contribution in [3.05, 3.63) is 35.7 Å². The van der Waals surface area contributed by atoms with E-state index in [0.29, 0.717) is 24.3 Å². The summed E-state index contributed by atoms with van der Waals surface area (Å²) in [5.74, 6) is -0.392. The van der Waals surface area contributed by atoms with Crippen LogP contribution in [0.15, 0.2) is 24.3 Å². The Hall–Kier alpha value is -1.97. The van der Waals surface area contributed by atoms with E-state index < -0.39 is 5.97 Å². The minimum atomic E-state index is -0.392. The molecule has 0 amide bonds. The van der Waals surface area contributed by atoms with Gasteiger partial charge in [0.2, 0.25) is 0 Å². The summed E-state index contributed by atoms with van der Waals surface area (Å²) in [5, 5.41) is 0. The number of aromatic nitrogens is 1. The quantitative estimate of drug-likeness (QED) is 0.327. The molecule has 0 N–H and O–H groups in total. The summed E-state index contributed by atoms with van der Waals surface area (Å²) >= 11 is 0. The summed E-state index contributed by atoms with van der Waals surface area (Å²) in [6, 6.07) is 5.02. The van der Waals surface area contributed by atoms with Crippen LogP contribution >= 0.6 is 0 Å². The molecule has 0 saturated heterocycles. The van der Waals surface area contributed by atoms with E-state index in [2.05, 4.69) is 4.98 Å². The van der Waals surface area contributed by atoms with Crippen LogP contribution in [-0.4, -0.2) is 23.8 Å². The van der Waals surface area contributed by atoms with Crippen molar-refractivity contribution in [3.63, 3.8) is 0 Å². The first-order chi connectivity index (χ1) is 8.26. The van der Waals surface area contributed by atoms with E-state index in [1.807, 2.05) is 6.92 Å². The number of rotatable bonds is 6. The Bertz CT molecular complexity index is 413. The lowest BCUT2D eigenvalue weighted by Crippen LogP contribution is -2.01. The van der Waals surface area contributed by atoms with Gasteiger partial charge in [-0.3, -0.25) is 4.79 Å². The van der Waals surface area contributed by atoms with Crippen LogP contribution in [0.2, 0.25) is 0 Å². The highest BCUT2D eigenvalue weighted by molar-refractivity contribution is 5.86. The smallest absolute Gasteiger partial charge is 0.330 e. The fourth-order valence-electron chi connectivity index (χ4n) is 1.15. The van der Waals surface area contributed by atoms with Gasteiger partial charge in [-0.15, -0.1) is 0 Å². The molecule has 1 aromatic rings. The third kappa shape index (κ3) is 5.06. The largest absolute Gasteiger partial charge is 0.463 e. The van der Waals surface area contributed by atoms with E-state index in [9.17, 15) is 9.59 Å². The zero-order chi connectivity index (χ0) is 12.5. The zero-order valence-corrected chi connectivity index (χ0v) is 9.76. The molecular weight excluding hydrogens is 218 g/mol. The predicted octanol–water partition coefficient (Wildman–Crippen LogP) is 2.25. The van der Waals surface area contributed by atoms with Crippen LogP contribution in [0, 0.1) is 0 Å². The van der Waals surface area contributed by atoms with Gasteiger partial charge in [-0.2, -0.15) is 0 Å². The summed E-state index contributed by atoms with van der Waals surface area (Å²) in [5.41, 5.74) is 0.897. The molecule has 0 bridgehead atoms. The van der Waals surface area contributed by atoms with Gasteiger partial charge < -0.3 is 4.74 Å². The number of hydrogen-bond donors (Lipinski definition) is 0. The lowest BCUT2D eigenvalue weighted by molar-refractivity contribution is -0.137. The van der Waals surface area contributed by atoms with Crippen molar-refractivity contribution in [2.24, 2.45) is 0 Å². The van der Waals surface area contributed by atoms with Crippen LogP contribution in [0.5, 0.6) is 0 Å². The van der Waals surface area contributed by atoms with Crippen molar-refractivity contribution in [3.8, 4) is 0 Å². The molecule has 0 aromatic carbocycles. The van der Waals surface area contributed by atoms with E-state index >= 15 is 0 Å². The average molecular weight is 233 g/mol. The molecule has 4 heteroatoms. The van der Waals surface area contributed by atoms with Crippen LogP contribution in [-0.2, 0) is 9.53 Å². The summed E-state index contributed by atoms with van der Waals surface area (Å²) in [7, 11) is 0. The highest BCUT2D eigenvalue weighted by Gasteiger charge is 1.97. The van der Waals surface area contributed by atoms with Crippen LogP contribution in [0.3, 0.4) is 0 Å². The Balaban J connectivity index is 2.51. The van der Waals surface area contributed by atoms with Gasteiger partial charge in [0.05, 0.1) is 12.3 Å². The molecule has 0 spiro atoms. The van der Waals surface area contributed by atoms with E-state index in [1.54, 1.807) is 18.2 Å². The van der Waals surface area contributed by atoms with Crippen molar-refractivity contribution in [1.29, 1.82) is 0 Å². The number of esters is 1. The Morgan fingerprint density at radius 1 is 1.41 bits per heavy atom. The van der Waals surface area contributed by atoms with Crippen molar-refractivity contribution in [1.82, 2.24) is 4.98 Å². The van der Waals surface area contributed by atoms with Gasteiger partial charge in [-0.1, -0.05) is 19.4 Å². The lowest BCUT2D eigenvalue weighted by Gasteiger charge is -1.99. The molecule has 0 aliphatic rings. The minimum Gasteiger partial charge on any atom is -0.463 e. The van der Waals surface area contributed by atoms with Crippen molar-refractivity contribution in [2.45, 2.75) is 19.8 Å². The maximum absolute atomic E-state index is 11.2. The first-order valence-electron chi connectivity index (χ1n) is 5.53. The standard InChI is InChI=1S/C13H15NO3/c1-2-3-9-17-13(16)8-7-11-5-4-6-12(10-15)14-11/h4-8,10H,2-3,9H2,1H3. The molecule has 0 saturated carbocycles. The molecule has 0 radical (unpaired) electrons. The monoisotopic (exact) mass is 233 g/mol. The van der Waals surface area contributed by atoms with Gasteiger partial charge in [-0.25, -0.2) is 9.78 Å². The van der Waals surface area contributed by atoms with Crippen LogP contribution in [0.4, 0.5) is 0 Å². The van der Waals surface area contributed by atoms with Crippen LogP contribution in [0.1, 0.15) is 35.9 Å². The Kier molecular flexibility index (Phi) is 5.64. The van der Waals surface area contributed by atoms with E-state index in [4.69, 9.17) is 4.74 Å². The summed E-state index contributed by atoms with van der Waals surface area (Å²) in [6.07, 6.45) is 5.35. The molecule has 17 heavy (non-hydrogen) atoms. The Morgan fingerprint density at radius 3 is 2.88 bits per heavy atom. The number of unbranched alkanes of at least 4 members (excludes halogenated alkanes) is 1. The molecular formula is C13H15NO3. The zero-order valence-electron chi connectivity index (χ0n) is 9.76. The molecule has 0 aliphatic carbocycles. The molecule has 0 atom stereocenters. The van der Waals surface area contributed by atoms with Gasteiger partial charge in [0.25, 0.3) is 0 Å². The first-order valence-corrected chi connectivity index (χ1v) is 5.53. The second-order valence-electron chi connectivity index (χ2n) is 3.46. The van der Waals surface area contributed by atoms with Crippen LogP contribution < -0.4 is 0 Å². The number of aldehydes is 1. The van der Waals surface area contributed by atoms with Gasteiger partial charge in [0.15, 0.2) is 6.29 Å². The third-order valence-electron chi connectivity index (χ3n) is 2.05. The number of nitrogens with zero attached hydrogens (tertiary/aromatic N) is 1. The molecule has 0 fully saturated rings. The van der Waals surface area contributed by atoms with E-state index in [-0.39, 0.29) is 0 Å². The first kappa shape index (κ1) is 13.1. The van der Waals surface area contributed by atoms with Crippen molar-refractivity contribution < 1.29 is 14.3 Å². The summed E-state index contributed by atoms with van der Waals surface area (Å²) in [6.45, 7) is 2.46. The Morgan fingerprint density at radius 2 is 2.18 bits per heavy atom. The average Bonchev–Trinajstić information content (AvgIpc) is 2.37. The molecule has 1 heterocycles. The summed E-state index contributed by atoms with van der Waals surface area (Å²) in [4.78, 5) is 25.7. The fourth-order valence-corrected chi connectivity index (χ4v) is 1.15. The number of pyridine rings is 1. The van der Waals surface area contributed by atoms with E-state index in [1.165, 1.54) is 12.2 Å². The highest BCUT2D eigenvalue weighted by atomic mass is 16.5. The molecule has 1 aromatic heterocycles. The number of carbonyl (C=O) groups is 2. The summed E-state index contributed by atoms with van der Waals surface area (Å²) < 4.78 is 4.94. The SMILES string of the molecule is CCCCOC(=O)C=Cc1cccc(C=O)n1. The van der Waals surface area contributed by atoms with E-state index in [0.717, 1.165) is 12.8 Å². The normalized spacial score (nSPS) is 10.4.